The molecule has 4 fully saturated rings. The van der Waals surface area contributed by atoms with Crippen LogP contribution in [0.5, 0.6) is 0 Å². The molecule has 0 bridgehead atoms. The van der Waals surface area contributed by atoms with Crippen LogP contribution in [0.3, 0.4) is 0 Å². The van der Waals surface area contributed by atoms with Gasteiger partial charge in [0.05, 0.1) is 11.2 Å². The van der Waals surface area contributed by atoms with E-state index in [2.05, 4.69) is 20.8 Å². The van der Waals surface area contributed by atoms with Gasteiger partial charge in [-0.2, -0.15) is 13.2 Å². The van der Waals surface area contributed by atoms with Crippen LogP contribution in [0.25, 0.3) is 0 Å². The highest BCUT2D eigenvalue weighted by Crippen LogP contribution is 2.69. The van der Waals surface area contributed by atoms with Gasteiger partial charge in [-0.25, -0.2) is 0 Å². The Balaban J connectivity index is 1.33. The van der Waals surface area contributed by atoms with E-state index >= 15 is 0 Å². The van der Waals surface area contributed by atoms with Gasteiger partial charge in [-0.05, 0) is 122 Å². The molecule has 0 saturated heterocycles. The molecule has 0 aliphatic heterocycles. The van der Waals surface area contributed by atoms with Crippen molar-refractivity contribution in [2.75, 3.05) is 0 Å². The smallest absolute Gasteiger partial charge is 0.416 e. The van der Waals surface area contributed by atoms with Gasteiger partial charge in [-0.3, -0.25) is 4.79 Å². The predicted octanol–water partition coefficient (Wildman–Crippen LogP) is 7.66. The van der Waals surface area contributed by atoms with E-state index in [-0.39, 0.29) is 23.2 Å². The molecule has 4 aliphatic carbocycles. The molecule has 0 amide bonds. The van der Waals surface area contributed by atoms with E-state index in [1.165, 1.54) is 25.0 Å². The number of carbonyl (C=O) groups is 1. The van der Waals surface area contributed by atoms with Crippen molar-refractivity contribution < 1.29 is 28.2 Å². The van der Waals surface area contributed by atoms with Crippen LogP contribution < -0.4 is 0 Å². The molecule has 200 valence electrons. The molecule has 5 rings (SSSR count). The monoisotopic (exact) mass is 506 g/mol. The SMILES string of the molecule is C[C@H](CC(=O)O)[C@H]1CC[C@H]2[C@@H]3CC[C@@H]4C[C@@](O)(c5ccc(C(F)(F)F)cc5)CC[C@]4(C)[C@H]3CC[C@]12C. The molecule has 0 aromatic heterocycles. The normalized spacial score (nSPS) is 43.2. The Kier molecular flexibility index (Phi) is 6.33. The molecule has 0 radical (unpaired) electrons. The predicted molar refractivity (Wildman–Crippen MR) is 132 cm³/mol. The minimum absolute atomic E-state index is 0.146. The van der Waals surface area contributed by atoms with E-state index < -0.39 is 23.3 Å². The average Bonchev–Trinajstić information content (AvgIpc) is 3.16. The van der Waals surface area contributed by atoms with Gasteiger partial charge in [-0.15, -0.1) is 0 Å². The van der Waals surface area contributed by atoms with Crippen molar-refractivity contribution in [2.45, 2.75) is 96.8 Å². The van der Waals surface area contributed by atoms with Crippen molar-refractivity contribution in [3.05, 3.63) is 35.4 Å². The molecule has 4 saturated carbocycles. The molecule has 0 heterocycles. The van der Waals surface area contributed by atoms with Gasteiger partial charge in [-0.1, -0.05) is 32.9 Å². The van der Waals surface area contributed by atoms with Crippen molar-refractivity contribution in [3.8, 4) is 0 Å². The van der Waals surface area contributed by atoms with Crippen molar-refractivity contribution in [3.63, 3.8) is 0 Å². The third-order valence-electron chi connectivity index (χ3n) is 11.7. The first-order chi connectivity index (χ1) is 16.8. The van der Waals surface area contributed by atoms with Crippen LogP contribution in [-0.4, -0.2) is 16.2 Å². The van der Waals surface area contributed by atoms with E-state index in [4.69, 9.17) is 0 Å². The third-order valence-corrected chi connectivity index (χ3v) is 11.7. The highest BCUT2D eigenvalue weighted by atomic mass is 19.4. The van der Waals surface area contributed by atoms with Crippen LogP contribution in [0.2, 0.25) is 0 Å². The lowest BCUT2D eigenvalue weighted by Gasteiger charge is -2.62. The number of fused-ring (bicyclic) bond motifs is 5. The van der Waals surface area contributed by atoms with E-state index in [1.807, 2.05) is 0 Å². The molecule has 9 atom stereocenters. The molecule has 2 N–H and O–H groups in total. The first-order valence-corrected chi connectivity index (χ1v) is 13.9. The van der Waals surface area contributed by atoms with Gasteiger partial charge in [0, 0.05) is 6.42 Å². The quantitative estimate of drug-likeness (QED) is 0.441. The zero-order valence-corrected chi connectivity index (χ0v) is 21.8. The number of carboxylic acids is 1. The molecule has 0 spiro atoms. The second-order valence-electron chi connectivity index (χ2n) is 13.3. The average molecular weight is 507 g/mol. The molecule has 4 aliphatic rings. The molecule has 0 unspecified atom stereocenters. The molecule has 1 aromatic rings. The van der Waals surface area contributed by atoms with Gasteiger partial charge in [0.2, 0.25) is 0 Å². The Morgan fingerprint density at radius 3 is 2.28 bits per heavy atom. The second kappa shape index (κ2) is 8.74. The molecule has 1 aromatic carbocycles. The van der Waals surface area contributed by atoms with Crippen molar-refractivity contribution in [1.82, 2.24) is 0 Å². The largest absolute Gasteiger partial charge is 0.481 e. The summed E-state index contributed by atoms with van der Waals surface area (Å²) in [5, 5.41) is 21.0. The van der Waals surface area contributed by atoms with Crippen LogP contribution in [0, 0.1) is 46.3 Å². The number of benzene rings is 1. The minimum atomic E-state index is -4.37. The summed E-state index contributed by atoms with van der Waals surface area (Å²) in [7, 11) is 0. The molecule has 36 heavy (non-hydrogen) atoms. The van der Waals surface area contributed by atoms with Gasteiger partial charge >= 0.3 is 12.1 Å². The Morgan fingerprint density at radius 1 is 0.972 bits per heavy atom. The van der Waals surface area contributed by atoms with Crippen molar-refractivity contribution in [2.24, 2.45) is 46.3 Å². The highest BCUT2D eigenvalue weighted by molar-refractivity contribution is 5.67. The second-order valence-corrected chi connectivity index (χ2v) is 13.3. The maximum absolute atomic E-state index is 13.0. The molecule has 6 heteroatoms. The number of carboxylic acid groups (broad SMARTS) is 1. The zero-order valence-electron chi connectivity index (χ0n) is 21.8. The summed E-state index contributed by atoms with van der Waals surface area (Å²) in [5.74, 6) is 2.26. The number of halogens is 3. The summed E-state index contributed by atoms with van der Waals surface area (Å²) >= 11 is 0. The number of aliphatic hydroxyl groups is 1. The number of hydrogen-bond donors (Lipinski definition) is 2. The maximum atomic E-state index is 13.0. The van der Waals surface area contributed by atoms with E-state index in [1.54, 1.807) is 0 Å². The van der Waals surface area contributed by atoms with E-state index in [9.17, 15) is 28.2 Å². The summed E-state index contributed by atoms with van der Waals surface area (Å²) in [6, 6.07) is 5.14. The first kappa shape index (κ1) is 26.1. The number of alkyl halides is 3. The van der Waals surface area contributed by atoms with Gasteiger partial charge in [0.25, 0.3) is 0 Å². The van der Waals surface area contributed by atoms with Crippen LogP contribution in [0.1, 0.15) is 96.1 Å². The van der Waals surface area contributed by atoms with Crippen molar-refractivity contribution in [1.29, 1.82) is 0 Å². The lowest BCUT2D eigenvalue weighted by Crippen LogP contribution is -2.55. The standard InChI is InChI=1S/C30H41F3O3/c1-18(16-26(34)35)23-10-11-24-22-9-8-21-17-29(36,19-4-6-20(7-5-19)30(31,32)33)15-14-27(21,2)25(22)12-13-28(23,24)3/h4-7,18,21-25,36H,8-17H2,1-3H3,(H,34,35)/t18-,21-,22+,23-,24+,25+,27+,28-,29-/m1/s1. The Hall–Kier alpha value is -1.56. The zero-order chi connectivity index (χ0) is 26.1. The molecule has 3 nitrogen and oxygen atoms in total. The maximum Gasteiger partial charge on any atom is 0.416 e. The summed E-state index contributed by atoms with van der Waals surface area (Å²) in [5.41, 5.74) is -0.757. The lowest BCUT2D eigenvalue weighted by molar-refractivity contribution is -0.155. The number of rotatable bonds is 4. The summed E-state index contributed by atoms with van der Waals surface area (Å²) in [6.07, 6.45) is 4.85. The van der Waals surface area contributed by atoms with Crippen LogP contribution in [-0.2, 0) is 16.6 Å². The summed E-state index contributed by atoms with van der Waals surface area (Å²) in [4.78, 5) is 11.4. The number of hydrogen-bond acceptors (Lipinski definition) is 2. The topological polar surface area (TPSA) is 57.5 Å². The summed E-state index contributed by atoms with van der Waals surface area (Å²) < 4.78 is 39.1. The van der Waals surface area contributed by atoms with Crippen LogP contribution in [0.15, 0.2) is 24.3 Å². The van der Waals surface area contributed by atoms with Gasteiger partial charge < -0.3 is 10.2 Å². The number of aliphatic carboxylic acids is 1. The first-order valence-electron chi connectivity index (χ1n) is 13.9. The lowest BCUT2D eigenvalue weighted by atomic mass is 9.43. The van der Waals surface area contributed by atoms with Crippen molar-refractivity contribution >= 4 is 5.97 Å². The van der Waals surface area contributed by atoms with Gasteiger partial charge in [0.15, 0.2) is 0 Å². The molecular formula is C30H41F3O3. The third kappa shape index (κ3) is 4.10. The Morgan fingerprint density at radius 2 is 1.64 bits per heavy atom. The fourth-order valence-electron chi connectivity index (χ4n) is 9.87. The molecular weight excluding hydrogens is 465 g/mol. The Bertz CT molecular complexity index is 990. The van der Waals surface area contributed by atoms with Gasteiger partial charge in [0.1, 0.15) is 0 Å². The fraction of sp³-hybridized carbons (Fsp3) is 0.767. The van der Waals surface area contributed by atoms with Crippen LogP contribution in [0.4, 0.5) is 13.2 Å². The van der Waals surface area contributed by atoms with E-state index in [0.717, 1.165) is 44.2 Å². The fourth-order valence-corrected chi connectivity index (χ4v) is 9.87. The highest BCUT2D eigenvalue weighted by Gasteiger charge is 2.61. The van der Waals surface area contributed by atoms with E-state index in [0.29, 0.717) is 48.0 Å². The minimum Gasteiger partial charge on any atom is -0.481 e. The summed E-state index contributed by atoms with van der Waals surface area (Å²) in [6.45, 7) is 6.98. The Labute approximate surface area is 212 Å². The van der Waals surface area contributed by atoms with Crippen LogP contribution >= 0.6 is 0 Å².